The second kappa shape index (κ2) is 8.08. The number of aryl methyl sites for hydroxylation is 1. The molecule has 2 heterocycles. The molecule has 2 aromatic rings. The number of halogens is 4. The third kappa shape index (κ3) is 5.37. The lowest BCUT2D eigenvalue weighted by Gasteiger charge is -2.40. The highest BCUT2D eigenvalue weighted by Gasteiger charge is 2.33. The van der Waals surface area contributed by atoms with Gasteiger partial charge in [-0.15, -0.1) is 13.2 Å². The maximum atomic E-state index is 14.1. The van der Waals surface area contributed by atoms with Gasteiger partial charge in [-0.3, -0.25) is 4.79 Å². The number of carbonyl (C=O) groups is 1. The molecule has 6 nitrogen and oxygen atoms in total. The number of aromatic nitrogens is 2. The maximum absolute atomic E-state index is 14.1. The number of hydrogen-bond acceptors (Lipinski definition) is 5. The third-order valence-electron chi connectivity index (χ3n) is 4.95. The van der Waals surface area contributed by atoms with Crippen LogP contribution in [0, 0.1) is 12.7 Å². The monoisotopic (exact) mass is 426 g/mol. The van der Waals surface area contributed by atoms with Crippen LogP contribution in [-0.4, -0.2) is 40.9 Å². The van der Waals surface area contributed by atoms with Crippen molar-refractivity contribution in [3.63, 3.8) is 0 Å². The van der Waals surface area contributed by atoms with Crippen LogP contribution >= 0.6 is 0 Å². The first kappa shape index (κ1) is 21.8. The average molecular weight is 426 g/mol. The first-order valence-electron chi connectivity index (χ1n) is 9.39. The van der Waals surface area contributed by atoms with Crippen molar-refractivity contribution in [3.05, 3.63) is 35.9 Å². The number of ether oxygens (including phenoxy) is 1. The Hall–Kier alpha value is -2.91. The minimum absolute atomic E-state index is 0.0777. The van der Waals surface area contributed by atoms with E-state index in [1.54, 1.807) is 13.0 Å². The molecule has 1 saturated heterocycles. The van der Waals surface area contributed by atoms with Crippen molar-refractivity contribution in [2.24, 2.45) is 0 Å². The molecule has 0 spiro atoms. The molecule has 1 aromatic carbocycles. The van der Waals surface area contributed by atoms with E-state index in [2.05, 4.69) is 20.0 Å². The van der Waals surface area contributed by atoms with E-state index in [4.69, 9.17) is 0 Å². The molecule has 1 fully saturated rings. The van der Waals surface area contributed by atoms with Crippen LogP contribution in [0.4, 0.5) is 23.4 Å². The van der Waals surface area contributed by atoms with Crippen molar-refractivity contribution < 1.29 is 27.1 Å². The van der Waals surface area contributed by atoms with Crippen molar-refractivity contribution in [2.75, 3.05) is 18.0 Å². The Balaban J connectivity index is 1.81. The van der Waals surface area contributed by atoms with Gasteiger partial charge in [0.05, 0.1) is 5.69 Å². The highest BCUT2D eigenvalue weighted by atomic mass is 19.4. The molecule has 0 bridgehead atoms. The van der Waals surface area contributed by atoms with Crippen molar-refractivity contribution in [2.45, 2.75) is 45.5 Å². The number of amides is 1. The van der Waals surface area contributed by atoms with Crippen LogP contribution in [0.2, 0.25) is 0 Å². The number of carbonyl (C=O) groups excluding carboxylic acids is 1. The molecule has 10 heteroatoms. The molecule has 1 aliphatic rings. The number of rotatable bonds is 4. The first-order chi connectivity index (χ1) is 13.9. The van der Waals surface area contributed by atoms with Crippen molar-refractivity contribution >= 4 is 11.7 Å². The summed E-state index contributed by atoms with van der Waals surface area (Å²) in [6.45, 7) is 6.48. The number of hydrogen-bond donors (Lipinski definition) is 1. The quantitative estimate of drug-likeness (QED) is 0.749. The van der Waals surface area contributed by atoms with Crippen molar-refractivity contribution in [1.82, 2.24) is 15.3 Å². The minimum Gasteiger partial charge on any atom is -0.403 e. The van der Waals surface area contributed by atoms with E-state index < -0.39 is 17.9 Å². The molecule has 0 radical (unpaired) electrons. The van der Waals surface area contributed by atoms with Gasteiger partial charge >= 0.3 is 6.36 Å². The first-order valence-corrected chi connectivity index (χ1v) is 9.39. The molecular weight excluding hydrogens is 404 g/mol. The van der Waals surface area contributed by atoms with Gasteiger partial charge < -0.3 is 15.0 Å². The van der Waals surface area contributed by atoms with E-state index >= 15 is 0 Å². The van der Waals surface area contributed by atoms with E-state index in [9.17, 15) is 22.4 Å². The van der Waals surface area contributed by atoms with Gasteiger partial charge in [-0.05, 0) is 44.9 Å². The molecule has 30 heavy (non-hydrogen) atoms. The molecule has 1 aromatic heterocycles. The van der Waals surface area contributed by atoms with Gasteiger partial charge in [0.2, 0.25) is 5.91 Å². The Kier molecular flexibility index (Phi) is 5.87. The van der Waals surface area contributed by atoms with Crippen LogP contribution < -0.4 is 15.0 Å². The fourth-order valence-electron chi connectivity index (χ4n) is 3.51. The summed E-state index contributed by atoms with van der Waals surface area (Å²) < 4.78 is 54.8. The molecule has 1 amide bonds. The molecule has 0 aliphatic carbocycles. The number of alkyl halides is 3. The van der Waals surface area contributed by atoms with E-state index in [-0.39, 0.29) is 11.4 Å². The Labute approximate surface area is 171 Å². The maximum Gasteiger partial charge on any atom is 0.573 e. The second-order valence-corrected chi connectivity index (χ2v) is 7.58. The third-order valence-corrected chi connectivity index (χ3v) is 4.95. The summed E-state index contributed by atoms with van der Waals surface area (Å²) in [4.78, 5) is 22.2. The number of nitrogens with zero attached hydrogens (tertiary/aromatic N) is 3. The van der Waals surface area contributed by atoms with E-state index in [1.807, 2.05) is 11.8 Å². The Bertz CT molecular complexity index is 941. The fraction of sp³-hybridized carbons (Fsp3) is 0.450. The lowest BCUT2D eigenvalue weighted by atomic mass is 9.89. The number of piperidine rings is 1. The molecule has 0 atom stereocenters. The van der Waals surface area contributed by atoms with Crippen LogP contribution in [0.15, 0.2) is 24.3 Å². The lowest BCUT2D eigenvalue weighted by Crippen LogP contribution is -2.53. The predicted molar refractivity (Wildman–Crippen MR) is 103 cm³/mol. The van der Waals surface area contributed by atoms with Gasteiger partial charge in [0.15, 0.2) is 11.6 Å². The molecule has 0 unspecified atom stereocenters. The normalized spacial score (nSPS) is 16.3. The standard InChI is InChI=1S/C20H22F4N4O2/c1-12-25-16(14-4-5-17(15(21)10-14)30-20(22,23)24)11-18(26-12)28-8-6-19(3,7-9-28)27-13(2)29/h4-5,10-11H,6-9H2,1-3H3,(H,27,29). The number of benzene rings is 1. The second-order valence-electron chi connectivity index (χ2n) is 7.58. The van der Waals surface area contributed by atoms with Gasteiger partial charge in [-0.2, -0.15) is 0 Å². The number of nitrogens with one attached hydrogen (secondary N) is 1. The Morgan fingerprint density at radius 3 is 2.43 bits per heavy atom. The number of anilines is 1. The smallest absolute Gasteiger partial charge is 0.403 e. The zero-order valence-corrected chi connectivity index (χ0v) is 16.8. The fourth-order valence-corrected chi connectivity index (χ4v) is 3.51. The van der Waals surface area contributed by atoms with E-state index in [0.29, 0.717) is 36.0 Å². The van der Waals surface area contributed by atoms with Gasteiger partial charge in [-0.25, -0.2) is 14.4 Å². The average Bonchev–Trinajstić information content (AvgIpc) is 2.61. The van der Waals surface area contributed by atoms with E-state index in [1.165, 1.54) is 13.0 Å². The summed E-state index contributed by atoms with van der Waals surface area (Å²) in [6.07, 6.45) is -3.52. The molecule has 1 aliphatic heterocycles. The molecule has 3 rings (SSSR count). The zero-order valence-electron chi connectivity index (χ0n) is 16.8. The Morgan fingerprint density at radius 1 is 1.20 bits per heavy atom. The SMILES string of the molecule is CC(=O)NC1(C)CCN(c2cc(-c3ccc(OC(F)(F)F)c(F)c3)nc(C)n2)CC1. The van der Waals surface area contributed by atoms with Crippen LogP contribution in [0.25, 0.3) is 11.3 Å². The van der Waals surface area contributed by atoms with Gasteiger partial charge in [0.25, 0.3) is 0 Å². The van der Waals surface area contributed by atoms with Gasteiger partial charge in [0.1, 0.15) is 11.6 Å². The summed E-state index contributed by atoms with van der Waals surface area (Å²) in [5, 5.41) is 2.97. The summed E-state index contributed by atoms with van der Waals surface area (Å²) in [5.41, 5.74) is 0.420. The summed E-state index contributed by atoms with van der Waals surface area (Å²) >= 11 is 0. The lowest BCUT2D eigenvalue weighted by molar-refractivity contribution is -0.275. The molecular formula is C20H22F4N4O2. The summed E-state index contributed by atoms with van der Waals surface area (Å²) in [5.74, 6) is -1.02. The van der Waals surface area contributed by atoms with Crippen LogP contribution in [0.1, 0.15) is 32.5 Å². The van der Waals surface area contributed by atoms with Crippen molar-refractivity contribution in [1.29, 1.82) is 0 Å². The van der Waals surface area contributed by atoms with Crippen LogP contribution in [-0.2, 0) is 4.79 Å². The van der Waals surface area contributed by atoms with Crippen LogP contribution in [0.3, 0.4) is 0 Å². The predicted octanol–water partition coefficient (Wildman–Crippen LogP) is 3.98. The summed E-state index contributed by atoms with van der Waals surface area (Å²) in [6, 6.07) is 4.87. The summed E-state index contributed by atoms with van der Waals surface area (Å²) in [7, 11) is 0. The van der Waals surface area contributed by atoms with Crippen molar-refractivity contribution in [3.8, 4) is 17.0 Å². The van der Waals surface area contributed by atoms with Gasteiger partial charge in [0, 0.05) is 37.2 Å². The molecule has 0 saturated carbocycles. The molecule has 162 valence electrons. The zero-order chi connectivity index (χ0) is 22.1. The highest BCUT2D eigenvalue weighted by molar-refractivity contribution is 5.73. The largest absolute Gasteiger partial charge is 0.573 e. The minimum atomic E-state index is -4.97. The Morgan fingerprint density at radius 2 is 1.87 bits per heavy atom. The topological polar surface area (TPSA) is 67.4 Å². The molecule has 1 N–H and O–H groups in total. The highest BCUT2D eigenvalue weighted by Crippen LogP contribution is 2.31. The van der Waals surface area contributed by atoms with Gasteiger partial charge in [-0.1, -0.05) is 0 Å². The van der Waals surface area contributed by atoms with Crippen LogP contribution in [0.5, 0.6) is 5.75 Å². The van der Waals surface area contributed by atoms with E-state index in [0.717, 1.165) is 25.0 Å².